The summed E-state index contributed by atoms with van der Waals surface area (Å²) in [5.74, 6) is -1.60. The molecule has 1 rings (SSSR count). The van der Waals surface area contributed by atoms with Crippen LogP contribution in [0.15, 0.2) is 12.4 Å². The summed E-state index contributed by atoms with van der Waals surface area (Å²) in [5, 5.41) is 8.55. The van der Waals surface area contributed by atoms with E-state index in [1.165, 1.54) is 4.90 Å². The molecule has 1 amide bonds. The van der Waals surface area contributed by atoms with Crippen molar-refractivity contribution in [1.82, 2.24) is 4.90 Å². The summed E-state index contributed by atoms with van der Waals surface area (Å²) in [6.07, 6.45) is 2.93. The van der Waals surface area contributed by atoms with E-state index in [4.69, 9.17) is 5.26 Å². The molecule has 3 nitrogen and oxygen atoms in total. The van der Waals surface area contributed by atoms with E-state index < -0.39 is 11.7 Å². The van der Waals surface area contributed by atoms with Gasteiger partial charge < -0.3 is 4.90 Å². The van der Waals surface area contributed by atoms with Crippen molar-refractivity contribution in [1.29, 1.82) is 5.26 Å². The fourth-order valence-electron chi connectivity index (χ4n) is 1.74. The molecule has 0 radical (unpaired) electrons. The van der Waals surface area contributed by atoms with Gasteiger partial charge in [-0.05, 0) is 19.3 Å². The Balaban J connectivity index is 2.68. The summed E-state index contributed by atoms with van der Waals surface area (Å²) in [4.78, 5) is 12.8. The fourth-order valence-corrected chi connectivity index (χ4v) is 1.74. The zero-order chi connectivity index (χ0) is 10.6. The van der Waals surface area contributed by atoms with Crippen molar-refractivity contribution in [3.05, 3.63) is 12.4 Å². The lowest BCUT2D eigenvalue weighted by molar-refractivity contribution is -0.132. The first kappa shape index (κ1) is 10.7. The third-order valence-corrected chi connectivity index (χ3v) is 2.45. The Morgan fingerprint density at radius 2 is 2.36 bits per heavy atom. The lowest BCUT2D eigenvalue weighted by atomic mass is 10.00. The number of carbonyl (C=O) groups excluding carboxylic acids is 1. The average Bonchev–Trinajstić information content (AvgIpc) is 2.18. The van der Waals surface area contributed by atoms with Crippen LogP contribution >= 0.6 is 0 Å². The second kappa shape index (κ2) is 4.75. The van der Waals surface area contributed by atoms with Crippen LogP contribution in [-0.2, 0) is 4.79 Å². The number of amides is 1. The molecule has 76 valence electrons. The van der Waals surface area contributed by atoms with Crippen LogP contribution < -0.4 is 0 Å². The summed E-state index contributed by atoms with van der Waals surface area (Å²) in [6, 6.07) is 1.88. The van der Waals surface area contributed by atoms with Crippen molar-refractivity contribution in [2.75, 3.05) is 6.54 Å². The molecule has 1 unspecified atom stereocenters. The van der Waals surface area contributed by atoms with Gasteiger partial charge in [-0.3, -0.25) is 4.79 Å². The first-order chi connectivity index (χ1) is 6.66. The number of hydrogen-bond acceptors (Lipinski definition) is 2. The van der Waals surface area contributed by atoms with Gasteiger partial charge in [0.15, 0.2) is 5.83 Å². The first-order valence-corrected chi connectivity index (χ1v) is 4.69. The molecule has 0 aromatic rings. The minimum atomic E-state index is -0.935. The summed E-state index contributed by atoms with van der Waals surface area (Å²) in [7, 11) is 0. The lowest BCUT2D eigenvalue weighted by Gasteiger charge is -2.33. The molecular weight excluding hydrogens is 183 g/mol. The molecule has 0 aromatic heterocycles. The predicted molar refractivity (Wildman–Crippen MR) is 49.8 cm³/mol. The van der Waals surface area contributed by atoms with Crippen molar-refractivity contribution < 1.29 is 9.18 Å². The van der Waals surface area contributed by atoms with E-state index in [1.54, 1.807) is 0 Å². The van der Waals surface area contributed by atoms with Crippen LogP contribution in [0.25, 0.3) is 0 Å². The molecular formula is C10H13FN2O. The Morgan fingerprint density at radius 1 is 1.64 bits per heavy atom. The second-order valence-electron chi connectivity index (χ2n) is 3.42. The van der Waals surface area contributed by atoms with Gasteiger partial charge in [-0.1, -0.05) is 6.58 Å². The van der Waals surface area contributed by atoms with Gasteiger partial charge in [0.25, 0.3) is 5.91 Å². The van der Waals surface area contributed by atoms with Crippen molar-refractivity contribution in [2.45, 2.75) is 31.7 Å². The number of likely N-dealkylation sites (tertiary alicyclic amines) is 1. The maximum Gasteiger partial charge on any atom is 0.282 e. The molecule has 1 aliphatic rings. The molecule has 1 heterocycles. The van der Waals surface area contributed by atoms with Gasteiger partial charge >= 0.3 is 0 Å². The van der Waals surface area contributed by atoms with E-state index in [9.17, 15) is 9.18 Å². The van der Waals surface area contributed by atoms with Crippen molar-refractivity contribution in [3.63, 3.8) is 0 Å². The topological polar surface area (TPSA) is 44.1 Å². The van der Waals surface area contributed by atoms with E-state index in [-0.39, 0.29) is 12.5 Å². The second-order valence-corrected chi connectivity index (χ2v) is 3.42. The van der Waals surface area contributed by atoms with E-state index >= 15 is 0 Å². The standard InChI is InChI=1S/C10H13FN2O/c1-8(11)10(14)13-7-3-2-4-9(13)5-6-12/h9H,1-5,7H2. The van der Waals surface area contributed by atoms with Crippen molar-refractivity contribution in [3.8, 4) is 6.07 Å². The zero-order valence-electron chi connectivity index (χ0n) is 8.00. The van der Waals surface area contributed by atoms with Gasteiger partial charge in [-0.2, -0.15) is 5.26 Å². The van der Waals surface area contributed by atoms with Crippen LogP contribution in [-0.4, -0.2) is 23.4 Å². The number of rotatable bonds is 2. The number of nitriles is 1. The van der Waals surface area contributed by atoms with Gasteiger partial charge in [0, 0.05) is 12.6 Å². The Bertz CT molecular complexity index is 282. The predicted octanol–water partition coefficient (Wildman–Crippen LogP) is 1.76. The maximum atomic E-state index is 12.6. The van der Waals surface area contributed by atoms with Crippen LogP contribution in [0.5, 0.6) is 0 Å². The molecule has 1 saturated heterocycles. The zero-order valence-corrected chi connectivity index (χ0v) is 8.00. The van der Waals surface area contributed by atoms with E-state index in [2.05, 4.69) is 6.58 Å². The van der Waals surface area contributed by atoms with Gasteiger partial charge in [0.2, 0.25) is 0 Å². The largest absolute Gasteiger partial charge is 0.333 e. The highest BCUT2D eigenvalue weighted by atomic mass is 19.1. The van der Waals surface area contributed by atoms with Crippen LogP contribution in [0.4, 0.5) is 4.39 Å². The van der Waals surface area contributed by atoms with Gasteiger partial charge in [0.1, 0.15) is 0 Å². The molecule has 4 heteroatoms. The van der Waals surface area contributed by atoms with Crippen LogP contribution in [0.2, 0.25) is 0 Å². The van der Waals surface area contributed by atoms with Gasteiger partial charge in [0.05, 0.1) is 12.5 Å². The number of piperidine rings is 1. The highest BCUT2D eigenvalue weighted by Gasteiger charge is 2.27. The average molecular weight is 196 g/mol. The third kappa shape index (κ3) is 2.32. The Morgan fingerprint density at radius 3 is 2.93 bits per heavy atom. The Labute approximate surface area is 82.8 Å². The lowest BCUT2D eigenvalue weighted by Crippen LogP contribution is -2.43. The van der Waals surface area contributed by atoms with Gasteiger partial charge in [-0.25, -0.2) is 4.39 Å². The summed E-state index contributed by atoms with van der Waals surface area (Å²) < 4.78 is 12.6. The van der Waals surface area contributed by atoms with Gasteiger partial charge in [-0.15, -0.1) is 0 Å². The molecule has 0 N–H and O–H groups in total. The minimum Gasteiger partial charge on any atom is -0.333 e. The SMILES string of the molecule is C=C(F)C(=O)N1CCCCC1CC#N. The van der Waals surface area contributed by atoms with Crippen molar-refractivity contribution in [2.24, 2.45) is 0 Å². The minimum absolute atomic E-state index is 0.131. The highest BCUT2D eigenvalue weighted by molar-refractivity contribution is 5.90. The molecule has 1 fully saturated rings. The Kier molecular flexibility index (Phi) is 3.63. The summed E-state index contributed by atoms with van der Waals surface area (Å²) in [6.45, 7) is 3.52. The van der Waals surface area contributed by atoms with E-state index in [0.717, 1.165) is 19.3 Å². The number of carbonyl (C=O) groups is 1. The van der Waals surface area contributed by atoms with Crippen LogP contribution in [0.1, 0.15) is 25.7 Å². The summed E-state index contributed by atoms with van der Waals surface area (Å²) in [5.41, 5.74) is 0. The number of halogens is 1. The quantitative estimate of drug-likeness (QED) is 0.632. The molecule has 1 aliphatic heterocycles. The smallest absolute Gasteiger partial charge is 0.282 e. The number of nitrogens with zero attached hydrogens (tertiary/aromatic N) is 2. The molecule has 0 bridgehead atoms. The molecule has 0 aromatic carbocycles. The first-order valence-electron chi connectivity index (χ1n) is 4.69. The van der Waals surface area contributed by atoms with Crippen LogP contribution in [0.3, 0.4) is 0 Å². The Hall–Kier alpha value is -1.37. The van der Waals surface area contributed by atoms with Crippen LogP contribution in [0, 0.1) is 11.3 Å². The molecule has 0 aliphatic carbocycles. The van der Waals surface area contributed by atoms with E-state index in [1.807, 2.05) is 6.07 Å². The van der Waals surface area contributed by atoms with E-state index in [0.29, 0.717) is 6.54 Å². The third-order valence-electron chi connectivity index (χ3n) is 2.45. The monoisotopic (exact) mass is 196 g/mol. The normalized spacial score (nSPS) is 21.4. The van der Waals surface area contributed by atoms with Crippen molar-refractivity contribution >= 4 is 5.91 Å². The molecule has 1 atom stereocenters. The summed E-state index contributed by atoms with van der Waals surface area (Å²) >= 11 is 0. The maximum absolute atomic E-state index is 12.6. The molecule has 0 saturated carbocycles. The molecule has 14 heavy (non-hydrogen) atoms. The number of hydrogen-bond donors (Lipinski definition) is 0. The molecule has 0 spiro atoms. The fraction of sp³-hybridized carbons (Fsp3) is 0.600. The highest BCUT2D eigenvalue weighted by Crippen LogP contribution is 2.21.